The van der Waals surface area contributed by atoms with Gasteiger partial charge in [0.1, 0.15) is 5.15 Å². The van der Waals surface area contributed by atoms with E-state index in [1.54, 1.807) is 10.9 Å². The molecule has 0 spiro atoms. The molecule has 1 fully saturated rings. The van der Waals surface area contributed by atoms with Crippen LogP contribution < -0.4 is 0 Å². The smallest absolute Gasteiger partial charge is 0.131 e. The largest absolute Gasteiger partial charge is 0.254 e. The average Bonchev–Trinajstić information content (AvgIpc) is 2.85. The van der Waals surface area contributed by atoms with Gasteiger partial charge in [-0.05, 0) is 19.8 Å². The van der Waals surface area contributed by atoms with E-state index in [-0.39, 0.29) is 5.41 Å². The fourth-order valence-electron chi connectivity index (χ4n) is 1.48. The summed E-state index contributed by atoms with van der Waals surface area (Å²) in [6.45, 7) is 2.73. The maximum Gasteiger partial charge on any atom is 0.131 e. The summed E-state index contributed by atoms with van der Waals surface area (Å²) >= 11 is 6.08. The van der Waals surface area contributed by atoms with Crippen LogP contribution in [0.3, 0.4) is 0 Å². The number of aromatic nitrogens is 2. The monoisotopic (exact) mass is 195 g/mol. The van der Waals surface area contributed by atoms with Crippen molar-refractivity contribution in [2.24, 2.45) is 0 Å². The second kappa shape index (κ2) is 2.74. The van der Waals surface area contributed by atoms with Crippen LogP contribution in [-0.2, 0) is 12.0 Å². The first kappa shape index (κ1) is 8.58. The Balaban J connectivity index is 2.43. The van der Waals surface area contributed by atoms with Crippen molar-refractivity contribution in [2.45, 2.75) is 31.7 Å². The van der Waals surface area contributed by atoms with Crippen molar-refractivity contribution in [1.82, 2.24) is 9.78 Å². The molecule has 1 aliphatic carbocycles. The van der Waals surface area contributed by atoms with Gasteiger partial charge in [0.05, 0.1) is 17.7 Å². The first-order chi connectivity index (χ1) is 6.23. The van der Waals surface area contributed by atoms with E-state index in [0.717, 1.165) is 24.9 Å². The molecule has 0 amide bonds. The molecule has 1 aromatic rings. The minimum absolute atomic E-state index is 0.315. The van der Waals surface area contributed by atoms with Crippen molar-refractivity contribution in [3.8, 4) is 6.07 Å². The van der Waals surface area contributed by atoms with Gasteiger partial charge in [-0.15, -0.1) is 0 Å². The third-order valence-corrected chi connectivity index (χ3v) is 2.95. The molecule has 1 heterocycles. The number of rotatable bonds is 2. The zero-order valence-electron chi connectivity index (χ0n) is 7.42. The van der Waals surface area contributed by atoms with Crippen molar-refractivity contribution in [3.05, 3.63) is 16.9 Å². The molecular formula is C9H10ClN3. The number of nitrogens with zero attached hydrogens (tertiary/aromatic N) is 3. The highest BCUT2D eigenvalue weighted by atomic mass is 35.5. The second-order valence-corrected chi connectivity index (χ2v) is 3.72. The van der Waals surface area contributed by atoms with Crippen LogP contribution in [0.15, 0.2) is 6.20 Å². The zero-order chi connectivity index (χ0) is 9.47. The van der Waals surface area contributed by atoms with Gasteiger partial charge in [0.25, 0.3) is 0 Å². The molecule has 0 aliphatic heterocycles. The predicted octanol–water partition coefficient (Wildman–Crippen LogP) is 2.11. The summed E-state index contributed by atoms with van der Waals surface area (Å²) in [6.07, 6.45) is 3.55. The lowest BCUT2D eigenvalue weighted by Crippen LogP contribution is -2.03. The summed E-state index contributed by atoms with van der Waals surface area (Å²) in [7, 11) is 0. The van der Waals surface area contributed by atoms with Crippen LogP contribution >= 0.6 is 11.6 Å². The van der Waals surface area contributed by atoms with Crippen LogP contribution in [-0.4, -0.2) is 9.78 Å². The summed E-state index contributed by atoms with van der Waals surface area (Å²) in [6, 6.07) is 2.31. The summed E-state index contributed by atoms with van der Waals surface area (Å²) in [4.78, 5) is 0. The van der Waals surface area contributed by atoms with Gasteiger partial charge in [0, 0.05) is 12.1 Å². The lowest BCUT2D eigenvalue weighted by Gasteiger charge is -2.03. The van der Waals surface area contributed by atoms with E-state index in [9.17, 15) is 0 Å². The van der Waals surface area contributed by atoms with Gasteiger partial charge in [0.2, 0.25) is 0 Å². The Bertz CT molecular complexity index is 371. The zero-order valence-corrected chi connectivity index (χ0v) is 8.17. The van der Waals surface area contributed by atoms with Gasteiger partial charge in [0.15, 0.2) is 0 Å². The first-order valence-corrected chi connectivity index (χ1v) is 4.74. The van der Waals surface area contributed by atoms with Crippen molar-refractivity contribution in [2.75, 3.05) is 0 Å². The van der Waals surface area contributed by atoms with Crippen molar-refractivity contribution in [3.63, 3.8) is 0 Å². The minimum Gasteiger partial charge on any atom is -0.254 e. The Morgan fingerprint density at radius 2 is 2.46 bits per heavy atom. The topological polar surface area (TPSA) is 41.6 Å². The van der Waals surface area contributed by atoms with Crippen molar-refractivity contribution < 1.29 is 0 Å². The molecule has 2 rings (SSSR count). The summed E-state index contributed by atoms with van der Waals surface area (Å²) in [5, 5.41) is 13.7. The highest BCUT2D eigenvalue weighted by Gasteiger charge is 2.47. The van der Waals surface area contributed by atoms with E-state index < -0.39 is 0 Å². The quantitative estimate of drug-likeness (QED) is 0.726. The molecule has 0 bridgehead atoms. The molecular weight excluding hydrogens is 186 g/mol. The number of halogens is 1. The lowest BCUT2D eigenvalue weighted by atomic mass is 10.0. The third-order valence-electron chi connectivity index (χ3n) is 2.55. The fourth-order valence-corrected chi connectivity index (χ4v) is 1.87. The number of nitriles is 1. The molecule has 0 unspecified atom stereocenters. The van der Waals surface area contributed by atoms with Crippen molar-refractivity contribution >= 4 is 11.6 Å². The van der Waals surface area contributed by atoms with Crippen LogP contribution in [0.25, 0.3) is 0 Å². The molecule has 0 aromatic carbocycles. The first-order valence-electron chi connectivity index (χ1n) is 4.36. The Hall–Kier alpha value is -1.01. The summed E-state index contributed by atoms with van der Waals surface area (Å²) in [5.41, 5.74) is 0.586. The van der Waals surface area contributed by atoms with Gasteiger partial charge in [-0.25, -0.2) is 0 Å². The van der Waals surface area contributed by atoms with Gasteiger partial charge in [-0.3, -0.25) is 4.68 Å². The molecule has 0 N–H and O–H groups in total. The van der Waals surface area contributed by atoms with Crippen LogP contribution in [0.2, 0.25) is 5.15 Å². The standard InChI is InChI=1S/C9H10ClN3/c1-2-13-8(10)7(5-12-13)9(6-11)3-4-9/h5H,2-4H2,1H3. The van der Waals surface area contributed by atoms with Crippen molar-refractivity contribution in [1.29, 1.82) is 5.26 Å². The summed E-state index contributed by atoms with van der Waals surface area (Å²) < 4.78 is 1.72. The molecule has 1 saturated carbocycles. The maximum atomic E-state index is 8.97. The molecule has 68 valence electrons. The minimum atomic E-state index is -0.315. The molecule has 0 atom stereocenters. The normalized spacial score (nSPS) is 18.2. The van der Waals surface area contributed by atoms with Gasteiger partial charge < -0.3 is 0 Å². The van der Waals surface area contributed by atoms with Crippen LogP contribution in [0, 0.1) is 11.3 Å². The van der Waals surface area contributed by atoms with E-state index in [2.05, 4.69) is 11.2 Å². The summed E-state index contributed by atoms with van der Waals surface area (Å²) in [5.74, 6) is 0. The number of aryl methyl sites for hydroxylation is 1. The van der Waals surface area contributed by atoms with Gasteiger partial charge in [-0.2, -0.15) is 10.4 Å². The molecule has 0 radical (unpaired) electrons. The molecule has 1 aromatic heterocycles. The number of hydrogen-bond donors (Lipinski definition) is 0. The maximum absolute atomic E-state index is 8.97. The Morgan fingerprint density at radius 3 is 2.85 bits per heavy atom. The van der Waals surface area contributed by atoms with Crippen LogP contribution in [0.1, 0.15) is 25.3 Å². The average molecular weight is 196 g/mol. The highest BCUT2D eigenvalue weighted by Crippen LogP contribution is 2.49. The van der Waals surface area contributed by atoms with Crippen LogP contribution in [0.5, 0.6) is 0 Å². The molecule has 4 heteroatoms. The Labute approximate surface area is 81.9 Å². The molecule has 3 nitrogen and oxygen atoms in total. The second-order valence-electron chi connectivity index (χ2n) is 3.36. The van der Waals surface area contributed by atoms with Gasteiger partial charge >= 0.3 is 0 Å². The highest BCUT2D eigenvalue weighted by molar-refractivity contribution is 6.30. The number of hydrogen-bond acceptors (Lipinski definition) is 2. The van der Waals surface area contributed by atoms with E-state index in [1.165, 1.54) is 0 Å². The SMILES string of the molecule is CCn1ncc(C2(C#N)CC2)c1Cl. The molecule has 0 saturated heterocycles. The lowest BCUT2D eigenvalue weighted by molar-refractivity contribution is 0.659. The predicted molar refractivity (Wildman–Crippen MR) is 49.4 cm³/mol. The van der Waals surface area contributed by atoms with E-state index in [4.69, 9.17) is 16.9 Å². The van der Waals surface area contributed by atoms with E-state index >= 15 is 0 Å². The van der Waals surface area contributed by atoms with E-state index in [1.807, 2.05) is 6.92 Å². The molecule has 13 heavy (non-hydrogen) atoms. The Morgan fingerprint density at radius 1 is 1.77 bits per heavy atom. The van der Waals surface area contributed by atoms with Gasteiger partial charge in [-0.1, -0.05) is 11.6 Å². The fraction of sp³-hybridized carbons (Fsp3) is 0.556. The molecule has 1 aliphatic rings. The van der Waals surface area contributed by atoms with E-state index in [0.29, 0.717) is 5.15 Å². The Kier molecular flexibility index (Phi) is 1.81. The van der Waals surface area contributed by atoms with Crippen LogP contribution in [0.4, 0.5) is 0 Å². The third kappa shape index (κ3) is 1.13.